The van der Waals surface area contributed by atoms with Crippen LogP contribution in [0.1, 0.15) is 13.8 Å². The fourth-order valence-electron chi connectivity index (χ4n) is 2.11. The first-order valence-corrected chi connectivity index (χ1v) is 6.65. The number of nitrogens with two attached hydrogens (primary N) is 1. The lowest BCUT2D eigenvalue weighted by Gasteiger charge is -2.36. The predicted octanol–water partition coefficient (Wildman–Crippen LogP) is 0.109. The summed E-state index contributed by atoms with van der Waals surface area (Å²) in [4.78, 5) is 24.5. The molecule has 0 saturated carbocycles. The number of anilines is 1. The van der Waals surface area contributed by atoms with Gasteiger partial charge in [-0.3, -0.25) is 9.78 Å². The molecule has 1 aliphatic heterocycles. The number of amides is 1. The van der Waals surface area contributed by atoms with Crippen molar-refractivity contribution in [3.63, 3.8) is 0 Å². The molecule has 1 saturated heterocycles. The molecule has 104 valence electrons. The van der Waals surface area contributed by atoms with Crippen LogP contribution < -0.4 is 10.6 Å². The van der Waals surface area contributed by atoms with Crippen molar-refractivity contribution in [1.82, 2.24) is 14.9 Å². The Morgan fingerprint density at radius 2 is 1.95 bits per heavy atom. The number of aromatic nitrogens is 2. The highest BCUT2D eigenvalue weighted by Crippen LogP contribution is 2.13. The van der Waals surface area contributed by atoms with Crippen LogP contribution in [0.2, 0.25) is 0 Å². The fraction of sp³-hybridized carbons (Fsp3) is 0.615. The van der Waals surface area contributed by atoms with E-state index in [-0.39, 0.29) is 11.8 Å². The number of hydrogen-bond acceptors (Lipinski definition) is 5. The highest BCUT2D eigenvalue weighted by molar-refractivity contribution is 5.82. The third-order valence-electron chi connectivity index (χ3n) is 3.47. The van der Waals surface area contributed by atoms with Crippen LogP contribution in [0, 0.1) is 5.92 Å². The van der Waals surface area contributed by atoms with E-state index in [4.69, 9.17) is 5.73 Å². The molecule has 2 N–H and O–H groups in total. The number of nitrogens with zero attached hydrogens (tertiary/aromatic N) is 4. The van der Waals surface area contributed by atoms with E-state index in [0.29, 0.717) is 13.1 Å². The SMILES string of the molecule is CC(C)C(N)C(=O)N1CCN(c2cnccn2)CC1. The van der Waals surface area contributed by atoms with Crippen LogP contribution in [-0.2, 0) is 4.79 Å². The van der Waals surface area contributed by atoms with E-state index in [0.717, 1.165) is 18.9 Å². The zero-order valence-corrected chi connectivity index (χ0v) is 11.5. The lowest BCUT2D eigenvalue weighted by molar-refractivity contribution is -0.133. The minimum Gasteiger partial charge on any atom is -0.352 e. The maximum atomic E-state index is 12.1. The first-order chi connectivity index (χ1) is 9.09. The monoisotopic (exact) mass is 263 g/mol. The summed E-state index contributed by atoms with van der Waals surface area (Å²) in [6, 6.07) is -0.400. The van der Waals surface area contributed by atoms with Crippen molar-refractivity contribution in [2.24, 2.45) is 11.7 Å². The molecule has 2 rings (SSSR count). The van der Waals surface area contributed by atoms with Crippen molar-refractivity contribution in [3.05, 3.63) is 18.6 Å². The van der Waals surface area contributed by atoms with E-state index in [1.54, 1.807) is 18.6 Å². The number of hydrogen-bond donors (Lipinski definition) is 1. The van der Waals surface area contributed by atoms with Crippen molar-refractivity contribution in [2.75, 3.05) is 31.1 Å². The molecule has 0 radical (unpaired) electrons. The Labute approximate surface area is 113 Å². The second kappa shape index (κ2) is 5.97. The minimum absolute atomic E-state index is 0.0498. The number of carbonyl (C=O) groups is 1. The van der Waals surface area contributed by atoms with E-state index in [1.165, 1.54) is 0 Å². The van der Waals surface area contributed by atoms with Crippen molar-refractivity contribution in [3.8, 4) is 0 Å². The van der Waals surface area contributed by atoms with Gasteiger partial charge in [-0.15, -0.1) is 0 Å². The molecule has 2 heterocycles. The van der Waals surface area contributed by atoms with Crippen molar-refractivity contribution >= 4 is 11.7 Å². The zero-order valence-electron chi connectivity index (χ0n) is 11.5. The Balaban J connectivity index is 1.91. The maximum absolute atomic E-state index is 12.1. The van der Waals surface area contributed by atoms with Crippen LogP contribution in [-0.4, -0.2) is 53.0 Å². The van der Waals surface area contributed by atoms with Gasteiger partial charge in [-0.2, -0.15) is 0 Å². The van der Waals surface area contributed by atoms with Gasteiger partial charge in [0, 0.05) is 38.6 Å². The van der Waals surface area contributed by atoms with Crippen LogP contribution in [0.4, 0.5) is 5.82 Å². The topological polar surface area (TPSA) is 75.4 Å². The van der Waals surface area contributed by atoms with Crippen LogP contribution in [0.5, 0.6) is 0 Å². The molecule has 0 aliphatic carbocycles. The lowest BCUT2D eigenvalue weighted by Crippen LogP contribution is -2.54. The van der Waals surface area contributed by atoms with E-state index in [2.05, 4.69) is 14.9 Å². The molecule has 1 amide bonds. The Morgan fingerprint density at radius 3 is 2.47 bits per heavy atom. The number of carbonyl (C=O) groups excluding carboxylic acids is 1. The minimum atomic E-state index is -0.400. The molecule has 1 atom stereocenters. The normalized spacial score (nSPS) is 17.7. The second-order valence-corrected chi connectivity index (χ2v) is 5.15. The molecule has 0 bridgehead atoms. The summed E-state index contributed by atoms with van der Waals surface area (Å²) >= 11 is 0. The van der Waals surface area contributed by atoms with Gasteiger partial charge in [0.15, 0.2) is 0 Å². The number of rotatable bonds is 3. The summed E-state index contributed by atoms with van der Waals surface area (Å²) in [5, 5.41) is 0. The lowest BCUT2D eigenvalue weighted by atomic mass is 10.0. The van der Waals surface area contributed by atoms with Gasteiger partial charge in [-0.1, -0.05) is 13.8 Å². The van der Waals surface area contributed by atoms with Crippen molar-refractivity contribution in [1.29, 1.82) is 0 Å². The summed E-state index contributed by atoms with van der Waals surface area (Å²) in [6.45, 7) is 6.87. The maximum Gasteiger partial charge on any atom is 0.239 e. The zero-order chi connectivity index (χ0) is 13.8. The summed E-state index contributed by atoms with van der Waals surface area (Å²) < 4.78 is 0. The molecule has 0 aromatic carbocycles. The smallest absolute Gasteiger partial charge is 0.239 e. The number of piperazine rings is 1. The molecule has 0 spiro atoms. The van der Waals surface area contributed by atoms with Crippen LogP contribution in [0.3, 0.4) is 0 Å². The van der Waals surface area contributed by atoms with Crippen LogP contribution in [0.25, 0.3) is 0 Å². The van der Waals surface area contributed by atoms with Gasteiger partial charge in [0.25, 0.3) is 0 Å². The first kappa shape index (κ1) is 13.7. The third kappa shape index (κ3) is 3.20. The van der Waals surface area contributed by atoms with E-state index in [1.807, 2.05) is 18.7 Å². The summed E-state index contributed by atoms with van der Waals surface area (Å²) in [5.41, 5.74) is 5.91. The third-order valence-corrected chi connectivity index (χ3v) is 3.47. The van der Waals surface area contributed by atoms with Crippen molar-refractivity contribution in [2.45, 2.75) is 19.9 Å². The van der Waals surface area contributed by atoms with Gasteiger partial charge < -0.3 is 15.5 Å². The van der Waals surface area contributed by atoms with E-state index in [9.17, 15) is 4.79 Å². The largest absolute Gasteiger partial charge is 0.352 e. The highest BCUT2D eigenvalue weighted by Gasteiger charge is 2.27. The van der Waals surface area contributed by atoms with Gasteiger partial charge in [-0.05, 0) is 5.92 Å². The summed E-state index contributed by atoms with van der Waals surface area (Å²) in [7, 11) is 0. The van der Waals surface area contributed by atoms with Gasteiger partial charge >= 0.3 is 0 Å². The molecule has 1 aromatic heterocycles. The predicted molar refractivity (Wildman–Crippen MR) is 73.6 cm³/mol. The highest BCUT2D eigenvalue weighted by atomic mass is 16.2. The van der Waals surface area contributed by atoms with Crippen LogP contribution >= 0.6 is 0 Å². The van der Waals surface area contributed by atoms with Gasteiger partial charge in [0.2, 0.25) is 5.91 Å². The Morgan fingerprint density at radius 1 is 1.26 bits per heavy atom. The Bertz CT molecular complexity index is 414. The molecular weight excluding hydrogens is 242 g/mol. The molecule has 1 fully saturated rings. The second-order valence-electron chi connectivity index (χ2n) is 5.15. The van der Waals surface area contributed by atoms with Gasteiger partial charge in [0.1, 0.15) is 5.82 Å². The van der Waals surface area contributed by atoms with E-state index < -0.39 is 6.04 Å². The summed E-state index contributed by atoms with van der Waals surface area (Å²) in [5.74, 6) is 1.09. The molecule has 6 nitrogen and oxygen atoms in total. The quantitative estimate of drug-likeness (QED) is 0.837. The summed E-state index contributed by atoms with van der Waals surface area (Å²) in [6.07, 6.45) is 5.09. The molecule has 1 unspecified atom stereocenters. The molecule has 1 aliphatic rings. The first-order valence-electron chi connectivity index (χ1n) is 6.65. The Hall–Kier alpha value is -1.69. The average molecular weight is 263 g/mol. The molecule has 6 heteroatoms. The van der Waals surface area contributed by atoms with Gasteiger partial charge in [-0.25, -0.2) is 4.98 Å². The fourth-order valence-corrected chi connectivity index (χ4v) is 2.11. The molecular formula is C13H21N5O. The van der Waals surface area contributed by atoms with Crippen molar-refractivity contribution < 1.29 is 4.79 Å². The van der Waals surface area contributed by atoms with Crippen LogP contribution in [0.15, 0.2) is 18.6 Å². The standard InChI is InChI=1S/C13H21N5O/c1-10(2)12(14)13(19)18-7-5-17(6-8-18)11-9-15-3-4-16-11/h3-4,9-10,12H,5-8,14H2,1-2H3. The Kier molecular flexibility index (Phi) is 4.31. The average Bonchev–Trinajstić information content (AvgIpc) is 2.46. The van der Waals surface area contributed by atoms with E-state index >= 15 is 0 Å². The van der Waals surface area contributed by atoms with Gasteiger partial charge in [0.05, 0.1) is 12.2 Å². The molecule has 1 aromatic rings. The molecule has 19 heavy (non-hydrogen) atoms.